The van der Waals surface area contributed by atoms with Crippen LogP contribution in [0, 0.1) is 0 Å². The number of hydrogen-bond donors (Lipinski definition) is 0. The lowest BCUT2D eigenvalue weighted by Gasteiger charge is -2.15. The lowest BCUT2D eigenvalue weighted by Crippen LogP contribution is -1.98. The summed E-state index contributed by atoms with van der Waals surface area (Å²) >= 11 is 1.83. The van der Waals surface area contributed by atoms with E-state index in [1.54, 1.807) is 0 Å². The molecule has 3 heterocycles. The molecule has 0 unspecified atom stereocenters. The van der Waals surface area contributed by atoms with Crippen LogP contribution in [-0.2, 0) is 0 Å². The molecular formula is C50H32N4S. The average Bonchev–Trinajstić information content (AvgIpc) is 3.66. The van der Waals surface area contributed by atoms with Gasteiger partial charge in [-0.2, -0.15) is 0 Å². The lowest BCUT2D eigenvalue weighted by atomic mass is 9.93. The molecule has 7 aromatic carbocycles. The van der Waals surface area contributed by atoms with Gasteiger partial charge in [-0.15, -0.1) is 11.3 Å². The predicted molar refractivity (Wildman–Crippen MR) is 229 cm³/mol. The van der Waals surface area contributed by atoms with Crippen LogP contribution in [0.2, 0.25) is 0 Å². The van der Waals surface area contributed by atoms with Crippen molar-refractivity contribution in [3.05, 3.63) is 194 Å². The van der Waals surface area contributed by atoms with Gasteiger partial charge in [0.1, 0.15) is 0 Å². The van der Waals surface area contributed by atoms with Gasteiger partial charge in [0.2, 0.25) is 0 Å². The zero-order valence-corrected chi connectivity index (χ0v) is 30.5. The van der Waals surface area contributed by atoms with E-state index in [0.717, 1.165) is 61.7 Å². The molecule has 5 heteroatoms. The molecule has 0 saturated carbocycles. The molecule has 0 saturated heterocycles. The van der Waals surface area contributed by atoms with Gasteiger partial charge in [0.15, 0.2) is 11.6 Å². The molecule has 3 aromatic heterocycles. The average molecular weight is 721 g/mol. The van der Waals surface area contributed by atoms with Crippen molar-refractivity contribution in [2.75, 3.05) is 0 Å². The summed E-state index contributed by atoms with van der Waals surface area (Å²) in [5.74, 6) is 1.35. The van der Waals surface area contributed by atoms with Crippen LogP contribution in [0.4, 0.5) is 0 Å². The second-order valence-corrected chi connectivity index (χ2v) is 14.5. The minimum absolute atomic E-state index is 0.676. The van der Waals surface area contributed by atoms with Gasteiger partial charge in [0, 0.05) is 53.6 Å². The first-order valence-electron chi connectivity index (χ1n) is 18.3. The molecule has 0 bridgehead atoms. The molecular weight excluding hydrogens is 689 g/mol. The predicted octanol–water partition coefficient (Wildman–Crippen LogP) is 13.3. The minimum Gasteiger partial charge on any atom is -0.228 e. The van der Waals surface area contributed by atoms with Crippen LogP contribution in [0.5, 0.6) is 0 Å². The van der Waals surface area contributed by atoms with Crippen LogP contribution in [0.3, 0.4) is 0 Å². The Kier molecular flexibility index (Phi) is 8.32. The van der Waals surface area contributed by atoms with E-state index in [9.17, 15) is 0 Å². The Morgan fingerprint density at radius 3 is 1.20 bits per heavy atom. The summed E-state index contributed by atoms with van der Waals surface area (Å²) in [6.45, 7) is 0. The summed E-state index contributed by atoms with van der Waals surface area (Å²) in [6.07, 6.45) is 0. The maximum Gasteiger partial charge on any atom is 0.160 e. The van der Waals surface area contributed by atoms with Crippen molar-refractivity contribution >= 4 is 31.5 Å². The van der Waals surface area contributed by atoms with Gasteiger partial charge in [-0.25, -0.2) is 19.9 Å². The second kappa shape index (κ2) is 14.0. The van der Waals surface area contributed by atoms with Crippen molar-refractivity contribution in [1.29, 1.82) is 0 Å². The summed E-state index contributed by atoms with van der Waals surface area (Å²) < 4.78 is 2.53. The SMILES string of the molecule is c1ccc(-c2cc(-c3cc(-c4cc(-c5ccccc5)nc(-c5ccccc5)n4)cc(-c4cccc5sc6ccccc6c45)c3)nc(-c3ccccc3)n2)cc1. The first-order chi connectivity index (χ1) is 27.2. The number of rotatable bonds is 7. The van der Waals surface area contributed by atoms with Gasteiger partial charge in [-0.1, -0.05) is 152 Å². The summed E-state index contributed by atoms with van der Waals surface area (Å²) in [6, 6.07) is 67.3. The molecule has 258 valence electrons. The molecule has 0 amide bonds. The van der Waals surface area contributed by atoms with Gasteiger partial charge >= 0.3 is 0 Å². The van der Waals surface area contributed by atoms with Crippen molar-refractivity contribution in [3.63, 3.8) is 0 Å². The van der Waals surface area contributed by atoms with E-state index in [0.29, 0.717) is 11.6 Å². The van der Waals surface area contributed by atoms with E-state index in [1.807, 2.05) is 84.1 Å². The number of hydrogen-bond acceptors (Lipinski definition) is 5. The molecule has 0 aliphatic heterocycles. The fourth-order valence-corrected chi connectivity index (χ4v) is 8.36. The molecule has 0 N–H and O–H groups in total. The first kappa shape index (κ1) is 32.6. The highest BCUT2D eigenvalue weighted by Crippen LogP contribution is 2.42. The number of nitrogens with zero attached hydrogens (tertiary/aromatic N) is 4. The van der Waals surface area contributed by atoms with Crippen LogP contribution in [0.1, 0.15) is 0 Å². The lowest BCUT2D eigenvalue weighted by molar-refractivity contribution is 1.18. The van der Waals surface area contributed by atoms with Gasteiger partial charge in [-0.05, 0) is 53.6 Å². The van der Waals surface area contributed by atoms with Crippen molar-refractivity contribution in [3.8, 4) is 78.9 Å². The molecule has 10 rings (SSSR count). The van der Waals surface area contributed by atoms with E-state index in [4.69, 9.17) is 19.9 Å². The third-order valence-corrected chi connectivity index (χ3v) is 11.0. The smallest absolute Gasteiger partial charge is 0.160 e. The Bertz CT molecular complexity index is 2700. The maximum absolute atomic E-state index is 5.26. The maximum atomic E-state index is 5.26. The van der Waals surface area contributed by atoms with Crippen molar-refractivity contribution in [2.24, 2.45) is 0 Å². The van der Waals surface area contributed by atoms with E-state index in [-0.39, 0.29) is 0 Å². The molecule has 0 fully saturated rings. The van der Waals surface area contributed by atoms with Crippen molar-refractivity contribution in [2.45, 2.75) is 0 Å². The third-order valence-electron chi connectivity index (χ3n) is 9.89. The number of thiophene rings is 1. The second-order valence-electron chi connectivity index (χ2n) is 13.5. The normalized spacial score (nSPS) is 11.3. The van der Waals surface area contributed by atoms with Crippen LogP contribution in [0.25, 0.3) is 99.1 Å². The summed E-state index contributed by atoms with van der Waals surface area (Å²) in [5, 5.41) is 2.51. The standard InChI is InChI=1S/C50H32N4S/c1-5-16-33(17-6-1)42-31-44(53-49(51-42)35-20-9-3-10-21-35)38-28-37(40-25-15-27-47-48(40)41-24-13-14-26-46(41)55-47)29-39(30-38)45-32-43(34-18-7-2-8-19-34)52-50(54-45)36-22-11-4-12-23-36/h1-32H. The largest absolute Gasteiger partial charge is 0.228 e. The van der Waals surface area contributed by atoms with Crippen LogP contribution < -0.4 is 0 Å². The Morgan fingerprint density at radius 1 is 0.291 bits per heavy atom. The number of fused-ring (bicyclic) bond motifs is 3. The Labute approximate surface area is 323 Å². The highest BCUT2D eigenvalue weighted by molar-refractivity contribution is 7.25. The van der Waals surface area contributed by atoms with Crippen molar-refractivity contribution < 1.29 is 0 Å². The minimum atomic E-state index is 0.676. The van der Waals surface area contributed by atoms with E-state index in [2.05, 4.69) is 121 Å². The Hall–Kier alpha value is -7.08. The molecule has 0 radical (unpaired) electrons. The molecule has 55 heavy (non-hydrogen) atoms. The first-order valence-corrected chi connectivity index (χ1v) is 19.1. The van der Waals surface area contributed by atoms with Gasteiger partial charge < -0.3 is 0 Å². The quantitative estimate of drug-likeness (QED) is 0.164. The van der Waals surface area contributed by atoms with Gasteiger partial charge in [-0.3, -0.25) is 0 Å². The highest BCUT2D eigenvalue weighted by atomic mass is 32.1. The zero-order valence-electron chi connectivity index (χ0n) is 29.7. The molecule has 4 nitrogen and oxygen atoms in total. The zero-order chi connectivity index (χ0) is 36.6. The summed E-state index contributed by atoms with van der Waals surface area (Å²) in [4.78, 5) is 20.7. The van der Waals surface area contributed by atoms with Crippen LogP contribution in [0.15, 0.2) is 194 Å². The van der Waals surface area contributed by atoms with E-state index in [1.165, 1.54) is 25.7 Å². The van der Waals surface area contributed by atoms with Crippen LogP contribution >= 0.6 is 11.3 Å². The fourth-order valence-electron chi connectivity index (χ4n) is 7.23. The Balaban J connectivity index is 1.25. The highest BCUT2D eigenvalue weighted by Gasteiger charge is 2.18. The van der Waals surface area contributed by atoms with Gasteiger partial charge in [0.05, 0.1) is 22.8 Å². The molecule has 0 atom stereocenters. The van der Waals surface area contributed by atoms with E-state index >= 15 is 0 Å². The number of benzene rings is 7. The monoisotopic (exact) mass is 720 g/mol. The van der Waals surface area contributed by atoms with E-state index < -0.39 is 0 Å². The number of aromatic nitrogens is 4. The third kappa shape index (κ3) is 6.37. The topological polar surface area (TPSA) is 51.6 Å². The van der Waals surface area contributed by atoms with Crippen LogP contribution in [-0.4, -0.2) is 19.9 Å². The fraction of sp³-hybridized carbons (Fsp3) is 0. The van der Waals surface area contributed by atoms with Crippen molar-refractivity contribution in [1.82, 2.24) is 19.9 Å². The van der Waals surface area contributed by atoms with Gasteiger partial charge in [0.25, 0.3) is 0 Å². The molecule has 0 aliphatic rings. The molecule has 10 aromatic rings. The summed E-state index contributed by atoms with van der Waals surface area (Å²) in [7, 11) is 0. The summed E-state index contributed by atoms with van der Waals surface area (Å²) in [5.41, 5.74) is 11.6. The molecule has 0 spiro atoms. The molecule has 0 aliphatic carbocycles. The Morgan fingerprint density at radius 2 is 0.691 bits per heavy atom.